The van der Waals surface area contributed by atoms with E-state index in [2.05, 4.69) is 44.9 Å². The van der Waals surface area contributed by atoms with E-state index in [1.54, 1.807) is 0 Å². The predicted molar refractivity (Wildman–Crippen MR) is 124 cm³/mol. The second-order valence-electron chi connectivity index (χ2n) is 6.97. The molecule has 0 aliphatic heterocycles. The van der Waals surface area contributed by atoms with Crippen molar-refractivity contribution in [3.63, 3.8) is 0 Å². The first-order valence-corrected chi connectivity index (χ1v) is 9.99. The van der Waals surface area contributed by atoms with E-state index in [4.69, 9.17) is 17.3 Å². The van der Waals surface area contributed by atoms with Gasteiger partial charge in [-0.05, 0) is 41.8 Å². The third-order valence-electron chi connectivity index (χ3n) is 4.87. The number of benzene rings is 3. The Kier molecular flexibility index (Phi) is 5.82. The Hall–Kier alpha value is -3.57. The van der Waals surface area contributed by atoms with Gasteiger partial charge in [0.25, 0.3) is 0 Å². The summed E-state index contributed by atoms with van der Waals surface area (Å²) < 4.78 is 0. The summed E-state index contributed by atoms with van der Waals surface area (Å²) in [7, 11) is 0. The van der Waals surface area contributed by atoms with Crippen molar-refractivity contribution >= 4 is 34.6 Å². The predicted octanol–water partition coefficient (Wildman–Crippen LogP) is 5.97. The summed E-state index contributed by atoms with van der Waals surface area (Å²) in [4.78, 5) is 8.73. The number of aryl methyl sites for hydroxylation is 1. The van der Waals surface area contributed by atoms with E-state index < -0.39 is 0 Å². The van der Waals surface area contributed by atoms with Crippen molar-refractivity contribution in [2.75, 3.05) is 16.4 Å². The lowest BCUT2D eigenvalue weighted by Gasteiger charge is -2.22. The van der Waals surface area contributed by atoms with Gasteiger partial charge < -0.3 is 16.4 Å². The molecule has 5 nitrogen and oxygen atoms in total. The molecule has 0 bridgehead atoms. The summed E-state index contributed by atoms with van der Waals surface area (Å²) in [5, 5.41) is 7.46. The number of nitrogen functional groups attached to an aromatic ring is 1. The molecule has 150 valence electrons. The third kappa shape index (κ3) is 4.36. The maximum atomic E-state index is 6.44. The number of hydrogen-bond donors (Lipinski definition) is 3. The van der Waals surface area contributed by atoms with Gasteiger partial charge in [-0.15, -0.1) is 0 Å². The fourth-order valence-corrected chi connectivity index (χ4v) is 3.52. The molecule has 0 atom stereocenters. The second-order valence-corrected chi connectivity index (χ2v) is 7.40. The van der Waals surface area contributed by atoms with Gasteiger partial charge >= 0.3 is 0 Å². The summed E-state index contributed by atoms with van der Waals surface area (Å²) in [5.74, 6) is 1.11. The highest BCUT2D eigenvalue weighted by Crippen LogP contribution is 2.32. The normalized spacial score (nSPS) is 10.8. The smallest absolute Gasteiger partial charge is 0.159 e. The van der Waals surface area contributed by atoms with Crippen LogP contribution < -0.4 is 16.4 Å². The van der Waals surface area contributed by atoms with Crippen molar-refractivity contribution in [2.45, 2.75) is 13.0 Å². The molecule has 0 aliphatic rings. The van der Waals surface area contributed by atoms with E-state index >= 15 is 0 Å². The number of halogens is 1. The number of hydrogen-bond acceptors (Lipinski definition) is 5. The number of nitrogens with zero attached hydrogens (tertiary/aromatic N) is 2. The molecule has 1 heterocycles. The molecule has 0 saturated heterocycles. The zero-order chi connectivity index (χ0) is 20.9. The Balaban J connectivity index is 1.67. The first-order valence-electron chi connectivity index (χ1n) is 9.62. The van der Waals surface area contributed by atoms with E-state index in [1.165, 1.54) is 6.33 Å². The lowest BCUT2D eigenvalue weighted by Crippen LogP contribution is -2.15. The van der Waals surface area contributed by atoms with Crippen LogP contribution in [-0.4, -0.2) is 9.97 Å². The van der Waals surface area contributed by atoms with Crippen LogP contribution in [-0.2, 0) is 0 Å². The topological polar surface area (TPSA) is 75.9 Å². The Bertz CT molecular complexity index is 1090. The summed E-state index contributed by atoms with van der Waals surface area (Å²) in [6, 6.07) is 25.9. The molecule has 0 fully saturated rings. The third-order valence-corrected chi connectivity index (χ3v) is 5.11. The molecular weight excluding hydrogens is 394 g/mol. The Morgan fingerprint density at radius 3 is 2.03 bits per heavy atom. The maximum absolute atomic E-state index is 6.44. The lowest BCUT2D eigenvalue weighted by atomic mass is 9.99. The molecule has 30 heavy (non-hydrogen) atoms. The van der Waals surface area contributed by atoms with E-state index in [1.807, 2.05) is 61.5 Å². The molecule has 0 aliphatic carbocycles. The number of nitrogens with two attached hydrogens (primary N) is 1. The average Bonchev–Trinajstić information content (AvgIpc) is 2.77. The van der Waals surface area contributed by atoms with Crippen LogP contribution >= 0.6 is 11.6 Å². The van der Waals surface area contributed by atoms with E-state index in [0.717, 1.165) is 22.4 Å². The number of anilines is 4. The SMILES string of the molecule is Cc1cc(Cl)ccc1Nc1ncnc(NC(c2ccccc2)c2ccccc2)c1N. The van der Waals surface area contributed by atoms with Gasteiger partial charge in [0.05, 0.1) is 6.04 Å². The Labute approximate surface area is 181 Å². The molecule has 6 heteroatoms. The largest absolute Gasteiger partial charge is 0.393 e. The molecule has 4 aromatic rings. The first-order chi connectivity index (χ1) is 14.6. The highest BCUT2D eigenvalue weighted by atomic mass is 35.5. The fourth-order valence-electron chi connectivity index (χ4n) is 3.29. The zero-order valence-electron chi connectivity index (χ0n) is 16.5. The van der Waals surface area contributed by atoms with Crippen LogP contribution in [0.1, 0.15) is 22.7 Å². The zero-order valence-corrected chi connectivity index (χ0v) is 17.3. The highest BCUT2D eigenvalue weighted by Gasteiger charge is 2.17. The number of rotatable bonds is 6. The molecule has 4 rings (SSSR count). The van der Waals surface area contributed by atoms with Crippen LogP contribution in [0.15, 0.2) is 85.2 Å². The van der Waals surface area contributed by atoms with Crippen molar-refractivity contribution < 1.29 is 0 Å². The Morgan fingerprint density at radius 1 is 0.833 bits per heavy atom. The van der Waals surface area contributed by atoms with Crippen LogP contribution in [0.25, 0.3) is 0 Å². The van der Waals surface area contributed by atoms with Crippen molar-refractivity contribution in [3.05, 3.63) is 107 Å². The summed E-state index contributed by atoms with van der Waals surface area (Å²) in [5.41, 5.74) is 11.0. The van der Waals surface area contributed by atoms with Gasteiger partial charge in [0, 0.05) is 10.7 Å². The lowest BCUT2D eigenvalue weighted by molar-refractivity contribution is 0.924. The van der Waals surface area contributed by atoms with Crippen LogP contribution in [0.5, 0.6) is 0 Å². The Morgan fingerprint density at radius 2 is 1.43 bits per heavy atom. The minimum absolute atomic E-state index is 0.102. The van der Waals surface area contributed by atoms with Crippen LogP contribution in [0.4, 0.5) is 23.0 Å². The average molecular weight is 416 g/mol. The molecule has 0 amide bonds. The fraction of sp³-hybridized carbons (Fsp3) is 0.0833. The van der Waals surface area contributed by atoms with Gasteiger partial charge in [0.1, 0.15) is 12.0 Å². The van der Waals surface area contributed by atoms with Gasteiger partial charge in [-0.3, -0.25) is 0 Å². The molecule has 3 aromatic carbocycles. The van der Waals surface area contributed by atoms with Crippen LogP contribution in [0.2, 0.25) is 5.02 Å². The molecule has 1 aromatic heterocycles. The quantitative estimate of drug-likeness (QED) is 0.362. The minimum Gasteiger partial charge on any atom is -0.393 e. The van der Waals surface area contributed by atoms with Gasteiger partial charge in [-0.25, -0.2) is 9.97 Å². The molecule has 0 saturated carbocycles. The molecule has 0 unspecified atom stereocenters. The van der Waals surface area contributed by atoms with Gasteiger partial charge in [-0.2, -0.15) is 0 Å². The maximum Gasteiger partial charge on any atom is 0.159 e. The summed E-state index contributed by atoms with van der Waals surface area (Å²) >= 11 is 6.06. The van der Waals surface area contributed by atoms with Crippen molar-refractivity contribution in [2.24, 2.45) is 0 Å². The van der Waals surface area contributed by atoms with Crippen molar-refractivity contribution in [1.29, 1.82) is 0 Å². The van der Waals surface area contributed by atoms with Gasteiger partial charge in [0.2, 0.25) is 0 Å². The minimum atomic E-state index is -0.102. The summed E-state index contributed by atoms with van der Waals surface area (Å²) in [6.07, 6.45) is 1.50. The number of nitrogens with one attached hydrogen (secondary N) is 2. The monoisotopic (exact) mass is 415 g/mol. The standard InChI is InChI=1S/C24H22ClN5/c1-16-14-19(25)12-13-20(16)29-23-21(26)24(28-15-27-23)30-22(17-8-4-2-5-9-17)18-10-6-3-7-11-18/h2-15,22H,26H2,1H3,(H2,27,28,29,30). The van der Waals surface area contributed by atoms with Crippen LogP contribution in [0, 0.1) is 6.92 Å². The van der Waals surface area contributed by atoms with Gasteiger partial charge in [0.15, 0.2) is 11.6 Å². The molecular formula is C24H22ClN5. The van der Waals surface area contributed by atoms with Crippen molar-refractivity contribution in [3.8, 4) is 0 Å². The first kappa shape index (κ1) is 19.7. The molecule has 0 radical (unpaired) electrons. The highest BCUT2D eigenvalue weighted by molar-refractivity contribution is 6.30. The molecule has 4 N–H and O–H groups in total. The molecule has 0 spiro atoms. The van der Waals surface area contributed by atoms with Crippen LogP contribution in [0.3, 0.4) is 0 Å². The van der Waals surface area contributed by atoms with E-state index in [0.29, 0.717) is 22.3 Å². The summed E-state index contributed by atoms with van der Waals surface area (Å²) in [6.45, 7) is 1.98. The van der Waals surface area contributed by atoms with Gasteiger partial charge in [-0.1, -0.05) is 72.3 Å². The second kappa shape index (κ2) is 8.84. The van der Waals surface area contributed by atoms with E-state index in [-0.39, 0.29) is 6.04 Å². The van der Waals surface area contributed by atoms with E-state index in [9.17, 15) is 0 Å². The number of aromatic nitrogens is 2. The van der Waals surface area contributed by atoms with Crippen molar-refractivity contribution in [1.82, 2.24) is 9.97 Å².